The van der Waals surface area contributed by atoms with E-state index in [1.807, 2.05) is 52.8 Å². The van der Waals surface area contributed by atoms with Crippen LogP contribution in [0.3, 0.4) is 0 Å². The van der Waals surface area contributed by atoms with Crippen LogP contribution in [0.25, 0.3) is 10.2 Å². The molecule has 1 aliphatic heterocycles. The molecule has 1 atom stereocenters. The predicted octanol–water partition coefficient (Wildman–Crippen LogP) is 3.49. The summed E-state index contributed by atoms with van der Waals surface area (Å²) in [7, 11) is 0. The summed E-state index contributed by atoms with van der Waals surface area (Å²) in [6, 6.07) is 5.79. The monoisotopic (exact) mass is 419 g/mol. The minimum Gasteiger partial charge on any atom is -0.486 e. The van der Waals surface area contributed by atoms with Crippen LogP contribution in [0.4, 0.5) is 4.79 Å². The molecule has 158 valence electrons. The van der Waals surface area contributed by atoms with Gasteiger partial charge in [0.2, 0.25) is 0 Å². The number of hydrogen-bond donors (Lipinski definition) is 0. The van der Waals surface area contributed by atoms with Gasteiger partial charge in [-0.15, -0.1) is 11.3 Å². The molecule has 0 bridgehead atoms. The number of ketones is 1. The van der Waals surface area contributed by atoms with Gasteiger partial charge in [-0.1, -0.05) is 0 Å². The molecule has 0 saturated carbocycles. The van der Waals surface area contributed by atoms with Crippen LogP contribution in [0.2, 0.25) is 0 Å². The van der Waals surface area contributed by atoms with E-state index in [0.29, 0.717) is 31.9 Å². The van der Waals surface area contributed by atoms with E-state index in [1.165, 1.54) is 0 Å². The smallest absolute Gasteiger partial charge is 0.410 e. The number of aryl methyl sites for hydroxylation is 1. The van der Waals surface area contributed by atoms with Crippen LogP contribution in [0.5, 0.6) is 5.75 Å². The Kier molecular flexibility index (Phi) is 6.43. The van der Waals surface area contributed by atoms with Crippen molar-refractivity contribution in [2.24, 2.45) is 0 Å². The summed E-state index contributed by atoms with van der Waals surface area (Å²) >= 11 is 1.64. The van der Waals surface area contributed by atoms with Crippen LogP contribution in [0.1, 0.15) is 32.7 Å². The molecule has 8 heteroatoms. The van der Waals surface area contributed by atoms with Crippen molar-refractivity contribution < 1.29 is 19.1 Å². The van der Waals surface area contributed by atoms with Gasteiger partial charge in [0, 0.05) is 31.7 Å². The molecule has 1 amide bonds. The number of benzene rings is 1. The van der Waals surface area contributed by atoms with Crippen LogP contribution < -0.4 is 4.74 Å². The fourth-order valence-electron chi connectivity index (χ4n) is 3.27. The van der Waals surface area contributed by atoms with Crippen molar-refractivity contribution in [1.82, 2.24) is 14.8 Å². The lowest BCUT2D eigenvalue weighted by atomic mass is 10.1. The molecule has 1 saturated heterocycles. The Hall–Kier alpha value is -2.19. The van der Waals surface area contributed by atoms with Gasteiger partial charge in [-0.3, -0.25) is 9.69 Å². The second kappa shape index (κ2) is 8.67. The Morgan fingerprint density at radius 2 is 2.03 bits per heavy atom. The number of carbonyl (C=O) groups is 2. The number of piperazine rings is 1. The number of rotatable bonds is 5. The summed E-state index contributed by atoms with van der Waals surface area (Å²) in [5.41, 5.74) is 0.384. The summed E-state index contributed by atoms with van der Waals surface area (Å²) < 4.78 is 12.2. The highest BCUT2D eigenvalue weighted by Crippen LogP contribution is 2.25. The minimum absolute atomic E-state index is 0.0112. The molecule has 2 aromatic rings. The molecule has 1 aromatic carbocycles. The van der Waals surface area contributed by atoms with E-state index in [4.69, 9.17) is 9.47 Å². The molecule has 0 radical (unpaired) electrons. The number of fused-ring (bicyclic) bond motifs is 1. The van der Waals surface area contributed by atoms with Crippen LogP contribution in [0, 0.1) is 6.92 Å². The number of nitrogens with zero attached hydrogens (tertiary/aromatic N) is 3. The third-order valence-electron chi connectivity index (χ3n) is 4.66. The standard InChI is InChI=1S/C21H29N3O4S/c1-14-11-24(20(26)28-21(3,4)5)9-8-23(14)12-16(25)13-27-17-6-7-19-18(10-17)22-15(2)29-19/h6-7,10,14H,8-9,11-13H2,1-5H3/t14-/m0/s1. The molecule has 2 heterocycles. The highest BCUT2D eigenvalue weighted by atomic mass is 32.1. The van der Waals surface area contributed by atoms with Crippen molar-refractivity contribution in [2.45, 2.75) is 46.3 Å². The van der Waals surface area contributed by atoms with E-state index < -0.39 is 5.60 Å². The summed E-state index contributed by atoms with van der Waals surface area (Å²) in [5.74, 6) is 0.663. The second-order valence-corrected chi connectivity index (χ2v) is 9.67. The largest absolute Gasteiger partial charge is 0.486 e. The zero-order valence-corrected chi connectivity index (χ0v) is 18.5. The summed E-state index contributed by atoms with van der Waals surface area (Å²) in [4.78, 5) is 32.9. The molecule has 0 unspecified atom stereocenters. The third kappa shape index (κ3) is 5.90. The molecular formula is C21H29N3O4S. The van der Waals surface area contributed by atoms with Crippen molar-refractivity contribution in [3.63, 3.8) is 0 Å². The maximum Gasteiger partial charge on any atom is 0.410 e. The van der Waals surface area contributed by atoms with Crippen LogP contribution >= 0.6 is 11.3 Å². The highest BCUT2D eigenvalue weighted by Gasteiger charge is 2.30. The number of carbonyl (C=O) groups excluding carboxylic acids is 2. The first kappa shape index (κ1) is 21.5. The van der Waals surface area contributed by atoms with Crippen molar-refractivity contribution in [1.29, 1.82) is 0 Å². The van der Waals surface area contributed by atoms with E-state index >= 15 is 0 Å². The fourth-order valence-corrected chi connectivity index (χ4v) is 4.08. The molecule has 1 aromatic heterocycles. The minimum atomic E-state index is -0.509. The van der Waals surface area contributed by atoms with Crippen LogP contribution in [-0.4, -0.2) is 71.1 Å². The molecule has 7 nitrogen and oxygen atoms in total. The number of Topliss-reactive ketones (excluding diaryl/α,β-unsaturated/α-hetero) is 1. The fraction of sp³-hybridized carbons (Fsp3) is 0.571. The number of hydrogen-bond acceptors (Lipinski definition) is 7. The zero-order valence-electron chi connectivity index (χ0n) is 17.7. The van der Waals surface area contributed by atoms with Crippen LogP contribution in [0.15, 0.2) is 18.2 Å². The maximum atomic E-state index is 12.4. The third-order valence-corrected chi connectivity index (χ3v) is 5.61. The van der Waals surface area contributed by atoms with Crippen molar-refractivity contribution >= 4 is 33.4 Å². The average Bonchev–Trinajstić information content (AvgIpc) is 2.99. The number of aromatic nitrogens is 1. The lowest BCUT2D eigenvalue weighted by molar-refractivity contribution is -0.123. The van der Waals surface area contributed by atoms with Gasteiger partial charge in [0.1, 0.15) is 18.0 Å². The van der Waals surface area contributed by atoms with E-state index in [0.717, 1.165) is 15.2 Å². The van der Waals surface area contributed by atoms with Crippen molar-refractivity contribution in [3.05, 3.63) is 23.2 Å². The molecule has 0 N–H and O–H groups in total. The Bertz CT molecular complexity index is 890. The Morgan fingerprint density at radius 3 is 2.72 bits per heavy atom. The topological polar surface area (TPSA) is 72.0 Å². The first-order valence-corrected chi connectivity index (χ1v) is 10.7. The van der Waals surface area contributed by atoms with E-state index in [2.05, 4.69) is 9.88 Å². The van der Waals surface area contributed by atoms with Crippen molar-refractivity contribution in [2.75, 3.05) is 32.8 Å². The molecule has 1 aliphatic rings. The average molecular weight is 420 g/mol. The van der Waals surface area contributed by atoms with E-state index in [9.17, 15) is 9.59 Å². The first-order valence-electron chi connectivity index (χ1n) is 9.84. The SMILES string of the molecule is Cc1nc2cc(OCC(=O)CN3CCN(C(=O)OC(C)(C)C)C[C@@H]3C)ccc2s1. The van der Waals surface area contributed by atoms with Crippen LogP contribution in [-0.2, 0) is 9.53 Å². The second-order valence-electron chi connectivity index (χ2n) is 8.44. The van der Waals surface area contributed by atoms with E-state index in [-0.39, 0.29) is 24.5 Å². The maximum absolute atomic E-state index is 12.4. The summed E-state index contributed by atoms with van der Waals surface area (Å²) in [6.45, 7) is 11.6. The zero-order chi connectivity index (χ0) is 21.2. The van der Waals surface area contributed by atoms with Gasteiger partial charge in [-0.2, -0.15) is 0 Å². The quantitative estimate of drug-likeness (QED) is 0.739. The van der Waals surface area contributed by atoms with Gasteiger partial charge in [0.05, 0.1) is 21.8 Å². The first-order chi connectivity index (χ1) is 13.6. The number of thiazole rings is 1. The normalized spacial score (nSPS) is 18.1. The Morgan fingerprint density at radius 1 is 1.28 bits per heavy atom. The van der Waals surface area contributed by atoms with Gasteiger partial charge in [0.25, 0.3) is 0 Å². The molecule has 3 rings (SSSR count). The van der Waals surface area contributed by atoms with Gasteiger partial charge >= 0.3 is 6.09 Å². The summed E-state index contributed by atoms with van der Waals surface area (Å²) in [6.07, 6.45) is -0.300. The highest BCUT2D eigenvalue weighted by molar-refractivity contribution is 7.18. The molecule has 29 heavy (non-hydrogen) atoms. The van der Waals surface area contributed by atoms with Gasteiger partial charge in [0.15, 0.2) is 5.78 Å². The molecule has 1 fully saturated rings. The van der Waals surface area contributed by atoms with Crippen molar-refractivity contribution in [3.8, 4) is 5.75 Å². The molecular weight excluding hydrogens is 390 g/mol. The lowest BCUT2D eigenvalue weighted by Gasteiger charge is -2.39. The van der Waals surface area contributed by atoms with Gasteiger partial charge < -0.3 is 14.4 Å². The van der Waals surface area contributed by atoms with E-state index in [1.54, 1.807) is 16.2 Å². The van der Waals surface area contributed by atoms with Gasteiger partial charge in [-0.25, -0.2) is 9.78 Å². The van der Waals surface area contributed by atoms with Gasteiger partial charge in [-0.05, 0) is 46.8 Å². The molecule has 0 aliphatic carbocycles. The summed E-state index contributed by atoms with van der Waals surface area (Å²) in [5, 5.41) is 1.01. The number of amides is 1. The Labute approximate surface area is 175 Å². The predicted molar refractivity (Wildman–Crippen MR) is 114 cm³/mol. The lowest BCUT2D eigenvalue weighted by Crippen LogP contribution is -2.55. The number of ether oxygens (including phenoxy) is 2. The molecule has 0 spiro atoms. The Balaban J connectivity index is 1.47.